The van der Waals surface area contributed by atoms with Crippen molar-refractivity contribution in [2.45, 2.75) is 32.7 Å². The molecule has 0 unspecified atom stereocenters. The van der Waals surface area contributed by atoms with E-state index in [0.29, 0.717) is 37.7 Å². The van der Waals surface area contributed by atoms with Gasteiger partial charge in [-0.05, 0) is 36.6 Å². The van der Waals surface area contributed by atoms with Crippen LogP contribution in [0.1, 0.15) is 47.9 Å². The topological polar surface area (TPSA) is 128 Å². The highest BCUT2D eigenvalue weighted by molar-refractivity contribution is 5.91. The largest absolute Gasteiger partial charge is 0.350 e. The average molecular weight is 434 g/mol. The van der Waals surface area contributed by atoms with Gasteiger partial charge in [0, 0.05) is 31.0 Å². The molecular formula is C22H27N9O. The van der Waals surface area contributed by atoms with Gasteiger partial charge in [0.05, 0.1) is 11.9 Å². The lowest BCUT2D eigenvalue weighted by molar-refractivity contribution is 0.0943. The van der Waals surface area contributed by atoms with Gasteiger partial charge in [0.15, 0.2) is 5.65 Å². The lowest BCUT2D eigenvalue weighted by atomic mass is 10.1. The van der Waals surface area contributed by atoms with E-state index in [-0.39, 0.29) is 17.6 Å². The van der Waals surface area contributed by atoms with Gasteiger partial charge in [-0.1, -0.05) is 32.0 Å². The van der Waals surface area contributed by atoms with Crippen LogP contribution in [0.15, 0.2) is 48.9 Å². The van der Waals surface area contributed by atoms with Crippen molar-refractivity contribution in [3.63, 3.8) is 0 Å². The molecule has 4 N–H and O–H groups in total. The van der Waals surface area contributed by atoms with Crippen LogP contribution in [-0.4, -0.2) is 48.4 Å². The predicted molar refractivity (Wildman–Crippen MR) is 122 cm³/mol. The Kier molecular flexibility index (Phi) is 6.41. The Morgan fingerprint density at radius 3 is 2.75 bits per heavy atom. The minimum Gasteiger partial charge on any atom is -0.350 e. The number of hydrogen-bond donors (Lipinski definition) is 3. The summed E-state index contributed by atoms with van der Waals surface area (Å²) in [5.41, 5.74) is 9.06. The fourth-order valence-corrected chi connectivity index (χ4v) is 3.37. The van der Waals surface area contributed by atoms with E-state index in [4.69, 9.17) is 5.73 Å². The second-order valence-electron chi connectivity index (χ2n) is 7.69. The van der Waals surface area contributed by atoms with Crippen molar-refractivity contribution in [1.82, 2.24) is 34.7 Å². The molecule has 4 rings (SSSR count). The molecule has 1 aromatic carbocycles. The number of amides is 1. The fourth-order valence-electron chi connectivity index (χ4n) is 3.37. The Balaban J connectivity index is 1.67. The van der Waals surface area contributed by atoms with Gasteiger partial charge < -0.3 is 16.4 Å². The number of nitrogens with zero attached hydrogens (tertiary/aromatic N) is 6. The number of nitrogens with one attached hydrogen (secondary N) is 2. The van der Waals surface area contributed by atoms with Crippen LogP contribution in [0, 0.1) is 0 Å². The lowest BCUT2D eigenvalue weighted by Gasteiger charge is -2.13. The van der Waals surface area contributed by atoms with Crippen LogP contribution in [0.4, 0.5) is 5.95 Å². The van der Waals surface area contributed by atoms with Gasteiger partial charge in [0.25, 0.3) is 5.91 Å². The molecular weight excluding hydrogens is 406 g/mol. The maximum Gasteiger partial charge on any atom is 0.289 e. The summed E-state index contributed by atoms with van der Waals surface area (Å²) in [6.07, 6.45) is 6.10. The molecule has 0 saturated heterocycles. The van der Waals surface area contributed by atoms with Crippen LogP contribution >= 0.6 is 0 Å². The molecule has 3 aromatic heterocycles. The van der Waals surface area contributed by atoms with Crippen LogP contribution in [0.25, 0.3) is 11.3 Å². The first-order valence-electron chi connectivity index (χ1n) is 10.6. The van der Waals surface area contributed by atoms with Crippen LogP contribution in [0.2, 0.25) is 0 Å². The quantitative estimate of drug-likeness (QED) is 0.345. The summed E-state index contributed by atoms with van der Waals surface area (Å²) in [6, 6.07) is 9.84. The number of rotatable bonds is 9. The van der Waals surface area contributed by atoms with Gasteiger partial charge in [-0.3, -0.25) is 4.79 Å². The van der Waals surface area contributed by atoms with E-state index in [1.807, 2.05) is 41.2 Å². The number of aromatic nitrogens is 6. The summed E-state index contributed by atoms with van der Waals surface area (Å²) in [5.74, 6) is 0.404. The minimum absolute atomic E-state index is 0.0970. The normalized spacial score (nSPS) is 11.2. The molecule has 0 saturated carbocycles. The van der Waals surface area contributed by atoms with Crippen molar-refractivity contribution in [2.75, 3.05) is 18.4 Å². The van der Waals surface area contributed by atoms with E-state index < -0.39 is 0 Å². The molecule has 3 heterocycles. The molecule has 0 atom stereocenters. The molecule has 0 aliphatic carbocycles. The first kappa shape index (κ1) is 21.4. The van der Waals surface area contributed by atoms with Gasteiger partial charge in [0.1, 0.15) is 0 Å². The van der Waals surface area contributed by atoms with Crippen LogP contribution in [-0.2, 0) is 6.54 Å². The summed E-state index contributed by atoms with van der Waals surface area (Å²) in [5, 5.41) is 14.9. The molecule has 0 fully saturated rings. The van der Waals surface area contributed by atoms with Crippen molar-refractivity contribution in [2.24, 2.45) is 5.73 Å². The van der Waals surface area contributed by atoms with E-state index in [2.05, 4.69) is 44.6 Å². The first-order valence-corrected chi connectivity index (χ1v) is 10.6. The monoisotopic (exact) mass is 433 g/mol. The summed E-state index contributed by atoms with van der Waals surface area (Å²) >= 11 is 0. The standard InChI is InChI=1S/C22H27N9O/c1-15(2)17-14-27-31-20(17)28-19(21(32)24-10-5-9-23)29-22(31)25-13-16-7-3-4-8-18(16)30-12-6-11-26-30/h3-4,6-8,11-12,14-15H,5,9-10,13,23H2,1-2H3,(H,24,32)(H,25,28,29). The molecule has 4 aromatic rings. The highest BCUT2D eigenvalue weighted by Crippen LogP contribution is 2.22. The first-order chi connectivity index (χ1) is 15.6. The highest BCUT2D eigenvalue weighted by Gasteiger charge is 2.19. The molecule has 0 radical (unpaired) electrons. The molecule has 0 bridgehead atoms. The number of nitrogens with two attached hydrogens (primary N) is 1. The third-order valence-corrected chi connectivity index (χ3v) is 5.07. The summed E-state index contributed by atoms with van der Waals surface area (Å²) in [6.45, 7) is 5.57. The molecule has 10 heteroatoms. The van der Waals surface area contributed by atoms with Crippen molar-refractivity contribution in [1.29, 1.82) is 0 Å². The zero-order chi connectivity index (χ0) is 22.5. The van der Waals surface area contributed by atoms with E-state index in [9.17, 15) is 4.79 Å². The zero-order valence-electron chi connectivity index (χ0n) is 18.2. The van der Waals surface area contributed by atoms with Gasteiger partial charge in [0.2, 0.25) is 11.8 Å². The molecule has 32 heavy (non-hydrogen) atoms. The van der Waals surface area contributed by atoms with Gasteiger partial charge in [-0.15, -0.1) is 0 Å². The number of fused-ring (bicyclic) bond motifs is 1. The second-order valence-corrected chi connectivity index (χ2v) is 7.69. The predicted octanol–water partition coefficient (Wildman–Crippen LogP) is 2.12. The molecule has 1 amide bonds. The van der Waals surface area contributed by atoms with E-state index in [0.717, 1.165) is 16.8 Å². The molecule has 0 aliphatic rings. The third kappa shape index (κ3) is 4.45. The van der Waals surface area contributed by atoms with Gasteiger partial charge >= 0.3 is 0 Å². The summed E-state index contributed by atoms with van der Waals surface area (Å²) in [4.78, 5) is 21.6. The number of hydrogen-bond acceptors (Lipinski definition) is 7. The van der Waals surface area contributed by atoms with Gasteiger partial charge in [-0.25, -0.2) is 9.67 Å². The Morgan fingerprint density at radius 2 is 2.00 bits per heavy atom. The number of benzene rings is 1. The molecule has 0 aliphatic heterocycles. The molecule has 166 valence electrons. The Hall–Kier alpha value is -3.79. The van der Waals surface area contributed by atoms with E-state index in [1.54, 1.807) is 16.9 Å². The average Bonchev–Trinajstić information content (AvgIpc) is 3.48. The molecule has 10 nitrogen and oxygen atoms in total. The maximum atomic E-state index is 12.7. The number of anilines is 1. The lowest BCUT2D eigenvalue weighted by Crippen LogP contribution is -2.28. The Morgan fingerprint density at radius 1 is 1.16 bits per heavy atom. The maximum absolute atomic E-state index is 12.7. The SMILES string of the molecule is CC(C)c1cnn2c(NCc3ccccc3-n3cccn3)nc(C(=O)NCCCN)nc12. The second kappa shape index (κ2) is 9.56. The number of para-hydroxylation sites is 1. The van der Waals surface area contributed by atoms with Crippen molar-refractivity contribution < 1.29 is 4.79 Å². The van der Waals surface area contributed by atoms with E-state index >= 15 is 0 Å². The van der Waals surface area contributed by atoms with Crippen molar-refractivity contribution in [3.05, 3.63) is 65.9 Å². The number of carbonyl (C=O) groups excluding carboxylic acids is 1. The Bertz CT molecular complexity index is 1200. The Labute approximate surface area is 185 Å². The minimum atomic E-state index is -0.336. The van der Waals surface area contributed by atoms with Crippen molar-refractivity contribution >= 4 is 17.5 Å². The smallest absolute Gasteiger partial charge is 0.289 e. The molecule has 0 spiro atoms. The van der Waals surface area contributed by atoms with Crippen LogP contribution in [0.5, 0.6) is 0 Å². The highest BCUT2D eigenvalue weighted by atomic mass is 16.2. The number of carbonyl (C=O) groups is 1. The third-order valence-electron chi connectivity index (χ3n) is 5.07. The summed E-state index contributed by atoms with van der Waals surface area (Å²) < 4.78 is 3.45. The zero-order valence-corrected chi connectivity index (χ0v) is 18.2. The van der Waals surface area contributed by atoms with Crippen molar-refractivity contribution in [3.8, 4) is 5.69 Å². The van der Waals surface area contributed by atoms with Crippen LogP contribution in [0.3, 0.4) is 0 Å². The van der Waals surface area contributed by atoms with E-state index in [1.165, 1.54) is 0 Å². The van der Waals surface area contributed by atoms with Crippen LogP contribution < -0.4 is 16.4 Å². The fraction of sp³-hybridized carbons (Fsp3) is 0.318. The van der Waals surface area contributed by atoms with Gasteiger partial charge in [-0.2, -0.15) is 19.7 Å². The summed E-state index contributed by atoms with van der Waals surface area (Å²) in [7, 11) is 0.